The van der Waals surface area contributed by atoms with E-state index in [0.717, 1.165) is 0 Å². The first-order chi connectivity index (χ1) is 8.76. The van der Waals surface area contributed by atoms with E-state index in [1.807, 2.05) is 0 Å². The van der Waals surface area contributed by atoms with Crippen LogP contribution >= 0.6 is 0 Å². The number of nitrogens with zero attached hydrogens (tertiary/aromatic N) is 1. The van der Waals surface area contributed by atoms with Gasteiger partial charge in [-0.25, -0.2) is 0 Å². The summed E-state index contributed by atoms with van der Waals surface area (Å²) in [6.07, 6.45) is -5.16. The summed E-state index contributed by atoms with van der Waals surface area (Å²) in [5, 5.41) is 2.66. The standard InChI is InChI=1S/C12H19F3N2O2/c1-8-5-17(6-9(2)19-8)10(18)11(12(13,14)15)3-4-16-7-11/h8-9,16H,3-7H2,1-2H3/t8-,9+,11?. The van der Waals surface area contributed by atoms with Crippen LogP contribution < -0.4 is 5.32 Å². The summed E-state index contributed by atoms with van der Waals surface area (Å²) in [6, 6.07) is 0. The molecule has 2 fully saturated rings. The summed E-state index contributed by atoms with van der Waals surface area (Å²) in [5.41, 5.74) is -2.26. The first-order valence-electron chi connectivity index (χ1n) is 6.48. The largest absolute Gasteiger partial charge is 0.404 e. The molecule has 110 valence electrons. The van der Waals surface area contributed by atoms with Crippen molar-refractivity contribution in [3.8, 4) is 0 Å². The van der Waals surface area contributed by atoms with Gasteiger partial charge in [0.25, 0.3) is 0 Å². The molecule has 2 saturated heterocycles. The highest BCUT2D eigenvalue weighted by Crippen LogP contribution is 2.44. The molecule has 0 bridgehead atoms. The third-order valence-corrected chi connectivity index (χ3v) is 3.81. The molecule has 7 heteroatoms. The number of rotatable bonds is 1. The molecule has 2 rings (SSSR count). The first-order valence-corrected chi connectivity index (χ1v) is 6.48. The first kappa shape index (κ1) is 14.6. The number of halogens is 3. The number of hydrogen-bond acceptors (Lipinski definition) is 3. The second kappa shape index (κ2) is 4.94. The zero-order valence-corrected chi connectivity index (χ0v) is 11.1. The maximum atomic E-state index is 13.3. The van der Waals surface area contributed by atoms with Crippen molar-refractivity contribution >= 4 is 5.91 Å². The highest BCUT2D eigenvalue weighted by Gasteiger charge is 2.62. The molecular formula is C12H19F3N2O2. The van der Waals surface area contributed by atoms with E-state index in [9.17, 15) is 18.0 Å². The molecule has 0 saturated carbocycles. The van der Waals surface area contributed by atoms with E-state index in [1.54, 1.807) is 13.8 Å². The quantitative estimate of drug-likeness (QED) is 0.784. The number of hydrogen-bond donors (Lipinski definition) is 1. The number of alkyl halides is 3. The summed E-state index contributed by atoms with van der Waals surface area (Å²) in [7, 11) is 0. The zero-order chi connectivity index (χ0) is 14.3. The van der Waals surface area contributed by atoms with E-state index in [4.69, 9.17) is 4.74 Å². The molecule has 1 N–H and O–H groups in total. The topological polar surface area (TPSA) is 41.6 Å². The number of carbonyl (C=O) groups excluding carboxylic acids is 1. The summed E-state index contributed by atoms with van der Waals surface area (Å²) in [4.78, 5) is 13.7. The lowest BCUT2D eigenvalue weighted by molar-refractivity contribution is -0.225. The molecule has 0 aliphatic carbocycles. The molecule has 0 aromatic carbocycles. The number of ether oxygens (including phenoxy) is 1. The molecule has 0 spiro atoms. The molecule has 1 amide bonds. The van der Waals surface area contributed by atoms with Crippen LogP contribution in [-0.2, 0) is 9.53 Å². The van der Waals surface area contributed by atoms with E-state index in [1.165, 1.54) is 4.90 Å². The second-order valence-electron chi connectivity index (χ2n) is 5.47. The molecule has 0 radical (unpaired) electrons. The Bertz CT molecular complexity index is 343. The van der Waals surface area contributed by atoms with Crippen LogP contribution in [0.5, 0.6) is 0 Å². The van der Waals surface area contributed by atoms with Crippen LogP contribution in [0.15, 0.2) is 0 Å². The predicted octanol–water partition coefficient (Wildman–Crippen LogP) is 1.16. The van der Waals surface area contributed by atoms with Crippen LogP contribution in [0.2, 0.25) is 0 Å². The third kappa shape index (κ3) is 2.58. The molecule has 0 aromatic rings. The Morgan fingerprint density at radius 3 is 2.32 bits per heavy atom. The monoisotopic (exact) mass is 280 g/mol. The van der Waals surface area contributed by atoms with Crippen LogP contribution in [0.1, 0.15) is 20.3 Å². The summed E-state index contributed by atoms with van der Waals surface area (Å²) in [5.74, 6) is -0.813. The summed E-state index contributed by atoms with van der Waals surface area (Å²) < 4.78 is 45.3. The average molecular weight is 280 g/mol. The predicted molar refractivity (Wildman–Crippen MR) is 62.6 cm³/mol. The molecular weight excluding hydrogens is 261 g/mol. The average Bonchev–Trinajstić information content (AvgIpc) is 2.76. The lowest BCUT2D eigenvalue weighted by Crippen LogP contribution is -2.58. The van der Waals surface area contributed by atoms with Gasteiger partial charge in [-0.3, -0.25) is 4.79 Å². The SMILES string of the molecule is C[C@@H]1CN(C(=O)C2(C(F)(F)F)CCNC2)C[C@H](C)O1. The Labute approximate surface area is 110 Å². The fourth-order valence-corrected chi connectivity index (χ4v) is 2.88. The van der Waals surface area contributed by atoms with Gasteiger partial charge in [-0.2, -0.15) is 13.2 Å². The smallest absolute Gasteiger partial charge is 0.372 e. The number of carbonyl (C=O) groups is 1. The maximum Gasteiger partial charge on any atom is 0.404 e. The maximum absolute atomic E-state index is 13.3. The van der Waals surface area contributed by atoms with E-state index >= 15 is 0 Å². The second-order valence-corrected chi connectivity index (χ2v) is 5.47. The lowest BCUT2D eigenvalue weighted by Gasteiger charge is -2.40. The molecule has 2 aliphatic heterocycles. The van der Waals surface area contributed by atoms with Crippen molar-refractivity contribution in [2.45, 2.75) is 38.7 Å². The summed E-state index contributed by atoms with van der Waals surface area (Å²) in [6.45, 7) is 3.88. The van der Waals surface area contributed by atoms with Crippen molar-refractivity contribution < 1.29 is 22.7 Å². The van der Waals surface area contributed by atoms with E-state index in [-0.39, 0.29) is 44.8 Å². The lowest BCUT2D eigenvalue weighted by atomic mass is 9.84. The van der Waals surface area contributed by atoms with Crippen molar-refractivity contribution in [2.24, 2.45) is 5.41 Å². The molecule has 19 heavy (non-hydrogen) atoms. The van der Waals surface area contributed by atoms with Crippen LogP contribution in [0.3, 0.4) is 0 Å². The van der Waals surface area contributed by atoms with Crippen molar-refractivity contribution in [1.82, 2.24) is 10.2 Å². The van der Waals surface area contributed by atoms with Gasteiger partial charge in [0.2, 0.25) is 5.91 Å². The van der Waals surface area contributed by atoms with Gasteiger partial charge in [0.15, 0.2) is 5.41 Å². The Balaban J connectivity index is 2.21. The highest BCUT2D eigenvalue weighted by molar-refractivity contribution is 5.84. The molecule has 1 unspecified atom stereocenters. The minimum Gasteiger partial charge on any atom is -0.372 e. The van der Waals surface area contributed by atoms with Crippen molar-refractivity contribution in [3.63, 3.8) is 0 Å². The van der Waals surface area contributed by atoms with Crippen molar-refractivity contribution in [2.75, 3.05) is 26.2 Å². The van der Waals surface area contributed by atoms with Gasteiger partial charge < -0.3 is 15.0 Å². The minimum absolute atomic E-state index is 0.185. The van der Waals surface area contributed by atoms with E-state index < -0.39 is 17.5 Å². The Hall–Kier alpha value is -0.820. The van der Waals surface area contributed by atoms with Gasteiger partial charge in [0, 0.05) is 19.6 Å². The summed E-state index contributed by atoms with van der Waals surface area (Å²) >= 11 is 0. The van der Waals surface area contributed by atoms with E-state index in [2.05, 4.69) is 5.32 Å². The Kier molecular flexibility index (Phi) is 3.79. The molecule has 3 atom stereocenters. The van der Waals surface area contributed by atoms with Crippen LogP contribution in [-0.4, -0.2) is 55.4 Å². The zero-order valence-electron chi connectivity index (χ0n) is 11.1. The van der Waals surface area contributed by atoms with Crippen LogP contribution in [0.4, 0.5) is 13.2 Å². The van der Waals surface area contributed by atoms with Gasteiger partial charge >= 0.3 is 6.18 Å². The number of morpholine rings is 1. The molecule has 0 aromatic heterocycles. The van der Waals surface area contributed by atoms with Gasteiger partial charge in [-0.15, -0.1) is 0 Å². The van der Waals surface area contributed by atoms with E-state index in [0.29, 0.717) is 0 Å². The van der Waals surface area contributed by atoms with Gasteiger partial charge in [-0.1, -0.05) is 0 Å². The fourth-order valence-electron chi connectivity index (χ4n) is 2.88. The van der Waals surface area contributed by atoms with Gasteiger partial charge in [0.1, 0.15) is 0 Å². The van der Waals surface area contributed by atoms with Crippen LogP contribution in [0.25, 0.3) is 0 Å². The minimum atomic E-state index is -4.52. The van der Waals surface area contributed by atoms with Crippen molar-refractivity contribution in [1.29, 1.82) is 0 Å². The van der Waals surface area contributed by atoms with Crippen LogP contribution in [0, 0.1) is 5.41 Å². The molecule has 2 aliphatic rings. The fraction of sp³-hybridized carbons (Fsp3) is 0.917. The normalized spacial score (nSPS) is 36.6. The van der Waals surface area contributed by atoms with Gasteiger partial charge in [-0.05, 0) is 26.8 Å². The third-order valence-electron chi connectivity index (χ3n) is 3.81. The number of nitrogens with one attached hydrogen (secondary N) is 1. The Morgan fingerprint density at radius 1 is 1.32 bits per heavy atom. The highest BCUT2D eigenvalue weighted by atomic mass is 19.4. The Morgan fingerprint density at radius 2 is 1.89 bits per heavy atom. The van der Waals surface area contributed by atoms with Crippen molar-refractivity contribution in [3.05, 3.63) is 0 Å². The number of amides is 1. The molecule has 4 nitrogen and oxygen atoms in total. The van der Waals surface area contributed by atoms with Gasteiger partial charge in [0.05, 0.1) is 12.2 Å². The molecule has 2 heterocycles.